The van der Waals surface area contributed by atoms with Crippen molar-refractivity contribution in [1.29, 1.82) is 0 Å². The van der Waals surface area contributed by atoms with Crippen LogP contribution in [0, 0.1) is 17.6 Å². The SMILES string of the molecule is COc1c(C[C@H]2[C@H](C(=O)O)O[C@@](C)(C(F)(F)F)[C@H]2OC)ccc(F)c1F. The monoisotopic (exact) mass is 384 g/mol. The number of aliphatic carboxylic acids is 1. The maximum atomic E-state index is 13.9. The fraction of sp³-hybridized carbons (Fsp3) is 0.562. The Morgan fingerprint density at radius 3 is 2.38 bits per heavy atom. The summed E-state index contributed by atoms with van der Waals surface area (Å²) in [5.74, 6) is -5.96. The summed E-state index contributed by atoms with van der Waals surface area (Å²) in [7, 11) is 2.06. The van der Waals surface area contributed by atoms with Gasteiger partial charge in [0.25, 0.3) is 0 Å². The summed E-state index contributed by atoms with van der Waals surface area (Å²) in [4.78, 5) is 11.4. The van der Waals surface area contributed by atoms with Gasteiger partial charge in [-0.25, -0.2) is 9.18 Å². The van der Waals surface area contributed by atoms with Crippen LogP contribution < -0.4 is 4.74 Å². The van der Waals surface area contributed by atoms with Gasteiger partial charge in [-0.1, -0.05) is 6.07 Å². The summed E-state index contributed by atoms with van der Waals surface area (Å²) in [6.07, 6.45) is -8.83. The molecule has 0 unspecified atom stereocenters. The van der Waals surface area contributed by atoms with Gasteiger partial charge in [0.05, 0.1) is 7.11 Å². The molecule has 0 spiro atoms. The normalized spacial score (nSPS) is 29.0. The molecule has 0 aromatic heterocycles. The van der Waals surface area contributed by atoms with E-state index in [0.717, 1.165) is 26.4 Å². The summed E-state index contributed by atoms with van der Waals surface area (Å²) < 4.78 is 82.1. The molecule has 0 saturated carbocycles. The molecule has 0 bridgehead atoms. The topological polar surface area (TPSA) is 65.0 Å². The van der Waals surface area contributed by atoms with E-state index in [-0.39, 0.29) is 12.0 Å². The molecule has 1 fully saturated rings. The van der Waals surface area contributed by atoms with Gasteiger partial charge in [0.15, 0.2) is 23.3 Å². The fourth-order valence-corrected chi connectivity index (χ4v) is 3.27. The second-order valence-corrected chi connectivity index (χ2v) is 6.06. The Bertz CT molecular complexity index is 692. The van der Waals surface area contributed by atoms with Gasteiger partial charge in [-0.3, -0.25) is 0 Å². The fourth-order valence-electron chi connectivity index (χ4n) is 3.27. The van der Waals surface area contributed by atoms with Gasteiger partial charge in [0, 0.05) is 13.0 Å². The molecule has 1 saturated heterocycles. The van der Waals surface area contributed by atoms with Crippen LogP contribution in [-0.2, 0) is 20.7 Å². The lowest BCUT2D eigenvalue weighted by atomic mass is 9.84. The maximum absolute atomic E-state index is 13.9. The minimum Gasteiger partial charge on any atom is -0.493 e. The largest absolute Gasteiger partial charge is 0.493 e. The van der Waals surface area contributed by atoms with Crippen molar-refractivity contribution in [2.24, 2.45) is 5.92 Å². The molecule has 1 N–H and O–H groups in total. The number of carboxylic acids is 1. The molecule has 0 amide bonds. The van der Waals surface area contributed by atoms with Crippen molar-refractivity contribution in [2.75, 3.05) is 14.2 Å². The number of rotatable bonds is 5. The number of benzene rings is 1. The predicted molar refractivity (Wildman–Crippen MR) is 77.9 cm³/mol. The summed E-state index contributed by atoms with van der Waals surface area (Å²) in [6.45, 7) is 0.694. The number of halogens is 5. The lowest BCUT2D eigenvalue weighted by Gasteiger charge is -2.32. The molecule has 1 heterocycles. The molecule has 26 heavy (non-hydrogen) atoms. The first kappa shape index (κ1) is 20.4. The van der Waals surface area contributed by atoms with Gasteiger partial charge in [-0.2, -0.15) is 17.6 Å². The van der Waals surface area contributed by atoms with Gasteiger partial charge in [0.1, 0.15) is 6.10 Å². The first-order valence-corrected chi connectivity index (χ1v) is 7.49. The molecule has 1 aromatic rings. The van der Waals surface area contributed by atoms with E-state index in [2.05, 4.69) is 0 Å². The van der Waals surface area contributed by atoms with Crippen molar-refractivity contribution in [2.45, 2.75) is 37.3 Å². The molecular formula is C16H17F5O5. The molecule has 1 aromatic carbocycles. The smallest absolute Gasteiger partial charge is 0.419 e. The Labute approximate surface area is 145 Å². The minimum absolute atomic E-state index is 0.000255. The molecule has 1 aliphatic rings. The van der Waals surface area contributed by atoms with Crippen molar-refractivity contribution >= 4 is 5.97 Å². The second-order valence-electron chi connectivity index (χ2n) is 6.06. The third-order valence-electron chi connectivity index (χ3n) is 4.54. The summed E-state index contributed by atoms with van der Waals surface area (Å²) in [6, 6.07) is 1.90. The van der Waals surface area contributed by atoms with Crippen molar-refractivity contribution in [3.8, 4) is 5.75 Å². The molecular weight excluding hydrogens is 367 g/mol. The van der Waals surface area contributed by atoms with E-state index in [0.29, 0.717) is 6.92 Å². The Morgan fingerprint density at radius 2 is 1.92 bits per heavy atom. The van der Waals surface area contributed by atoms with E-state index in [4.69, 9.17) is 14.2 Å². The molecule has 5 nitrogen and oxygen atoms in total. The van der Waals surface area contributed by atoms with Gasteiger partial charge < -0.3 is 19.3 Å². The van der Waals surface area contributed by atoms with E-state index < -0.39 is 53.3 Å². The van der Waals surface area contributed by atoms with Crippen LogP contribution in [0.25, 0.3) is 0 Å². The van der Waals surface area contributed by atoms with Gasteiger partial charge in [-0.15, -0.1) is 0 Å². The average Bonchev–Trinajstić information content (AvgIpc) is 2.84. The van der Waals surface area contributed by atoms with E-state index in [1.165, 1.54) is 0 Å². The van der Waals surface area contributed by atoms with E-state index >= 15 is 0 Å². The van der Waals surface area contributed by atoms with Crippen molar-refractivity contribution in [3.63, 3.8) is 0 Å². The molecule has 146 valence electrons. The lowest BCUT2D eigenvalue weighted by molar-refractivity contribution is -0.285. The number of alkyl halides is 3. The van der Waals surface area contributed by atoms with E-state index in [1.54, 1.807) is 0 Å². The van der Waals surface area contributed by atoms with Crippen LogP contribution >= 0.6 is 0 Å². The zero-order chi connectivity index (χ0) is 19.9. The van der Waals surface area contributed by atoms with Gasteiger partial charge >= 0.3 is 12.1 Å². The van der Waals surface area contributed by atoms with Gasteiger partial charge in [0.2, 0.25) is 5.82 Å². The van der Waals surface area contributed by atoms with Crippen molar-refractivity contribution in [3.05, 3.63) is 29.3 Å². The summed E-state index contributed by atoms with van der Waals surface area (Å²) >= 11 is 0. The molecule has 10 heteroatoms. The number of hydrogen-bond acceptors (Lipinski definition) is 4. The lowest BCUT2D eigenvalue weighted by Crippen LogP contribution is -2.52. The van der Waals surface area contributed by atoms with Crippen molar-refractivity contribution in [1.82, 2.24) is 0 Å². The molecule has 4 atom stereocenters. The average molecular weight is 384 g/mol. The highest BCUT2D eigenvalue weighted by Gasteiger charge is 2.67. The number of carbonyl (C=O) groups is 1. The van der Waals surface area contributed by atoms with Crippen LogP contribution in [0.1, 0.15) is 12.5 Å². The Kier molecular flexibility index (Phi) is 5.48. The second kappa shape index (κ2) is 6.99. The number of carboxylic acid groups (broad SMARTS) is 1. The minimum atomic E-state index is -4.91. The summed E-state index contributed by atoms with van der Waals surface area (Å²) in [5.41, 5.74) is -2.87. The van der Waals surface area contributed by atoms with Crippen LogP contribution in [0.3, 0.4) is 0 Å². The number of ether oxygens (including phenoxy) is 3. The highest BCUT2D eigenvalue weighted by Crippen LogP contribution is 2.48. The third-order valence-corrected chi connectivity index (χ3v) is 4.54. The molecule has 0 radical (unpaired) electrons. The zero-order valence-corrected chi connectivity index (χ0v) is 14.1. The van der Waals surface area contributed by atoms with Gasteiger partial charge in [-0.05, 0) is 25.0 Å². The highest BCUT2D eigenvalue weighted by molar-refractivity contribution is 5.73. The third kappa shape index (κ3) is 3.23. The Hall–Kier alpha value is -1.94. The Balaban J connectivity index is 2.49. The van der Waals surface area contributed by atoms with Crippen LogP contribution in [0.5, 0.6) is 5.75 Å². The van der Waals surface area contributed by atoms with E-state index in [1.807, 2.05) is 0 Å². The number of hydrogen-bond donors (Lipinski definition) is 1. The highest BCUT2D eigenvalue weighted by atomic mass is 19.4. The quantitative estimate of drug-likeness (QED) is 0.791. The van der Waals surface area contributed by atoms with Crippen LogP contribution in [0.4, 0.5) is 22.0 Å². The van der Waals surface area contributed by atoms with Crippen LogP contribution in [-0.4, -0.2) is 49.3 Å². The Morgan fingerprint density at radius 1 is 1.31 bits per heavy atom. The summed E-state index contributed by atoms with van der Waals surface area (Å²) in [5, 5.41) is 9.28. The molecule has 0 aliphatic carbocycles. The molecule has 1 aliphatic heterocycles. The van der Waals surface area contributed by atoms with E-state index in [9.17, 15) is 31.9 Å². The van der Waals surface area contributed by atoms with Crippen molar-refractivity contribution < 1.29 is 46.1 Å². The maximum Gasteiger partial charge on any atom is 0.419 e. The zero-order valence-electron chi connectivity index (χ0n) is 14.1. The van der Waals surface area contributed by atoms with Crippen LogP contribution in [0.15, 0.2) is 12.1 Å². The standard InChI is InChI=1S/C16H17F5O5/c1-15(16(19,20)21)13(25-3)8(12(26-15)14(22)23)6-7-4-5-9(17)10(18)11(7)24-2/h4-5,8,12-13H,6H2,1-3H3,(H,22,23)/t8-,12+,13-,15+/m0/s1. The molecule has 2 rings (SSSR count). The first-order chi connectivity index (χ1) is 12.0. The van der Waals surface area contributed by atoms with Crippen LogP contribution in [0.2, 0.25) is 0 Å². The number of methoxy groups -OCH3 is 2. The predicted octanol–water partition coefficient (Wildman–Crippen LogP) is 2.95. The first-order valence-electron chi connectivity index (χ1n) is 7.49.